The smallest absolute Gasteiger partial charge is 0.268 e. The third-order valence-electron chi connectivity index (χ3n) is 3.48. The molecule has 16 heavy (non-hydrogen) atoms. The van der Waals surface area contributed by atoms with E-state index in [0.717, 1.165) is 30.8 Å². The molecule has 0 bridgehead atoms. The average molecular weight is 216 g/mol. The number of nitrogens with zero attached hydrogens (tertiary/aromatic N) is 2. The summed E-state index contributed by atoms with van der Waals surface area (Å²) in [6, 6.07) is 7.93. The second-order valence-electron chi connectivity index (χ2n) is 4.53. The first-order valence-corrected chi connectivity index (χ1v) is 6.01. The van der Waals surface area contributed by atoms with Crippen molar-refractivity contribution < 1.29 is 4.79 Å². The molecule has 3 heteroatoms. The number of hydrogen-bond donors (Lipinski definition) is 0. The standard InChI is InChI=1S/C13H16N2O/c16-13-12-7-3-2-6-11(12)10-15(13)14-8-4-1-5-9-14/h2-3,6-7H,1,4-5,8-10H2. The molecule has 0 radical (unpaired) electrons. The van der Waals surface area contributed by atoms with Gasteiger partial charge in [0.05, 0.1) is 6.54 Å². The SMILES string of the molecule is O=C1c2ccccc2CN1N1CCCCC1. The van der Waals surface area contributed by atoms with Crippen LogP contribution in [0.5, 0.6) is 0 Å². The molecular weight excluding hydrogens is 200 g/mol. The van der Waals surface area contributed by atoms with E-state index in [-0.39, 0.29) is 5.91 Å². The predicted molar refractivity (Wildman–Crippen MR) is 61.7 cm³/mol. The van der Waals surface area contributed by atoms with Gasteiger partial charge in [0, 0.05) is 18.7 Å². The van der Waals surface area contributed by atoms with Crippen molar-refractivity contribution in [3.8, 4) is 0 Å². The molecule has 84 valence electrons. The van der Waals surface area contributed by atoms with Gasteiger partial charge in [0.15, 0.2) is 0 Å². The summed E-state index contributed by atoms with van der Waals surface area (Å²) in [6.07, 6.45) is 3.71. The number of carbonyl (C=O) groups is 1. The van der Waals surface area contributed by atoms with E-state index in [0.29, 0.717) is 0 Å². The zero-order chi connectivity index (χ0) is 11.0. The van der Waals surface area contributed by atoms with Gasteiger partial charge in [-0.3, -0.25) is 9.80 Å². The maximum atomic E-state index is 12.2. The highest BCUT2D eigenvalue weighted by molar-refractivity contribution is 5.97. The second-order valence-corrected chi connectivity index (χ2v) is 4.53. The van der Waals surface area contributed by atoms with Crippen LogP contribution in [-0.2, 0) is 6.54 Å². The summed E-state index contributed by atoms with van der Waals surface area (Å²) in [4.78, 5) is 12.2. The third-order valence-corrected chi connectivity index (χ3v) is 3.48. The molecule has 0 spiro atoms. The van der Waals surface area contributed by atoms with Crippen LogP contribution in [0.2, 0.25) is 0 Å². The minimum atomic E-state index is 0.178. The van der Waals surface area contributed by atoms with E-state index in [4.69, 9.17) is 0 Å². The van der Waals surface area contributed by atoms with Crippen molar-refractivity contribution in [3.05, 3.63) is 35.4 Å². The van der Waals surface area contributed by atoms with Gasteiger partial charge in [0.2, 0.25) is 0 Å². The quantitative estimate of drug-likeness (QED) is 0.717. The summed E-state index contributed by atoms with van der Waals surface area (Å²) >= 11 is 0. The maximum Gasteiger partial charge on any atom is 0.268 e. The van der Waals surface area contributed by atoms with Crippen molar-refractivity contribution in [1.82, 2.24) is 10.0 Å². The zero-order valence-corrected chi connectivity index (χ0v) is 9.35. The number of rotatable bonds is 1. The van der Waals surface area contributed by atoms with E-state index in [9.17, 15) is 4.79 Å². The van der Waals surface area contributed by atoms with Gasteiger partial charge in [-0.05, 0) is 24.5 Å². The van der Waals surface area contributed by atoms with Crippen molar-refractivity contribution >= 4 is 5.91 Å². The van der Waals surface area contributed by atoms with Gasteiger partial charge in [-0.15, -0.1) is 0 Å². The van der Waals surface area contributed by atoms with E-state index in [2.05, 4.69) is 11.1 Å². The van der Waals surface area contributed by atoms with E-state index in [1.807, 2.05) is 23.2 Å². The molecule has 1 fully saturated rings. The van der Waals surface area contributed by atoms with Gasteiger partial charge in [0.1, 0.15) is 0 Å². The lowest BCUT2D eigenvalue weighted by molar-refractivity contribution is -0.0204. The second kappa shape index (κ2) is 3.91. The monoisotopic (exact) mass is 216 g/mol. The Morgan fingerprint density at radius 2 is 1.75 bits per heavy atom. The van der Waals surface area contributed by atoms with Crippen molar-refractivity contribution in [3.63, 3.8) is 0 Å². The largest absolute Gasteiger partial charge is 0.268 e. The molecule has 1 aromatic rings. The van der Waals surface area contributed by atoms with Crippen LogP contribution in [0.25, 0.3) is 0 Å². The van der Waals surface area contributed by atoms with Crippen LogP contribution in [0.15, 0.2) is 24.3 Å². The predicted octanol–water partition coefficient (Wildman–Crippen LogP) is 2.04. The van der Waals surface area contributed by atoms with Gasteiger partial charge in [-0.2, -0.15) is 0 Å². The molecule has 0 aliphatic carbocycles. The van der Waals surface area contributed by atoms with Gasteiger partial charge in [-0.1, -0.05) is 24.6 Å². The molecule has 0 unspecified atom stereocenters. The lowest BCUT2D eigenvalue weighted by atomic mass is 10.1. The van der Waals surface area contributed by atoms with E-state index in [1.165, 1.54) is 19.3 Å². The summed E-state index contributed by atoms with van der Waals surface area (Å²) < 4.78 is 0. The lowest BCUT2D eigenvalue weighted by Crippen LogP contribution is -2.45. The molecule has 0 atom stereocenters. The Hall–Kier alpha value is -1.35. The molecule has 0 N–H and O–H groups in total. The molecule has 1 aromatic carbocycles. The number of benzene rings is 1. The van der Waals surface area contributed by atoms with Crippen LogP contribution >= 0.6 is 0 Å². The minimum Gasteiger partial charge on any atom is -0.268 e. The summed E-state index contributed by atoms with van der Waals surface area (Å²) in [7, 11) is 0. The molecular formula is C13H16N2O. The van der Waals surface area contributed by atoms with Gasteiger partial charge in [-0.25, -0.2) is 5.01 Å². The Morgan fingerprint density at radius 3 is 2.50 bits per heavy atom. The highest BCUT2D eigenvalue weighted by Gasteiger charge is 2.31. The topological polar surface area (TPSA) is 23.6 Å². The number of amides is 1. The summed E-state index contributed by atoms with van der Waals surface area (Å²) in [5.74, 6) is 0.178. The molecule has 2 aliphatic rings. The van der Waals surface area contributed by atoms with Crippen LogP contribution in [0, 0.1) is 0 Å². The number of fused-ring (bicyclic) bond motifs is 1. The Bertz CT molecular complexity index is 410. The molecule has 3 rings (SSSR count). The average Bonchev–Trinajstić information content (AvgIpc) is 2.69. The Kier molecular flexibility index (Phi) is 2.40. The van der Waals surface area contributed by atoms with Crippen molar-refractivity contribution in [2.45, 2.75) is 25.8 Å². The van der Waals surface area contributed by atoms with Crippen LogP contribution in [0.3, 0.4) is 0 Å². The van der Waals surface area contributed by atoms with Crippen molar-refractivity contribution in [1.29, 1.82) is 0 Å². The molecule has 2 aliphatic heterocycles. The zero-order valence-electron chi connectivity index (χ0n) is 9.35. The Morgan fingerprint density at radius 1 is 1.00 bits per heavy atom. The summed E-state index contributed by atoms with van der Waals surface area (Å²) in [5, 5.41) is 4.13. The minimum absolute atomic E-state index is 0.178. The molecule has 0 saturated carbocycles. The fourth-order valence-electron chi connectivity index (χ4n) is 2.59. The van der Waals surface area contributed by atoms with Gasteiger partial charge in [0.25, 0.3) is 5.91 Å². The summed E-state index contributed by atoms with van der Waals surface area (Å²) in [6.45, 7) is 2.81. The van der Waals surface area contributed by atoms with Gasteiger partial charge < -0.3 is 0 Å². The highest BCUT2D eigenvalue weighted by atomic mass is 16.2. The summed E-state index contributed by atoms with van der Waals surface area (Å²) in [5.41, 5.74) is 2.05. The van der Waals surface area contributed by atoms with Crippen LogP contribution in [0.4, 0.5) is 0 Å². The molecule has 3 nitrogen and oxygen atoms in total. The van der Waals surface area contributed by atoms with E-state index in [1.54, 1.807) is 0 Å². The lowest BCUT2D eigenvalue weighted by Gasteiger charge is -2.34. The number of hydrogen-bond acceptors (Lipinski definition) is 2. The Balaban J connectivity index is 1.83. The third kappa shape index (κ3) is 1.52. The van der Waals surface area contributed by atoms with Crippen molar-refractivity contribution in [2.24, 2.45) is 0 Å². The first kappa shape index (κ1) is 9.85. The molecule has 0 aromatic heterocycles. The van der Waals surface area contributed by atoms with E-state index >= 15 is 0 Å². The number of carbonyl (C=O) groups excluding carboxylic acids is 1. The van der Waals surface area contributed by atoms with E-state index < -0.39 is 0 Å². The van der Waals surface area contributed by atoms with Crippen LogP contribution in [0.1, 0.15) is 35.2 Å². The van der Waals surface area contributed by atoms with Gasteiger partial charge >= 0.3 is 0 Å². The first-order valence-electron chi connectivity index (χ1n) is 6.01. The normalized spacial score (nSPS) is 21.2. The number of hydrazine groups is 1. The first-order chi connectivity index (χ1) is 7.86. The fraction of sp³-hybridized carbons (Fsp3) is 0.462. The maximum absolute atomic E-state index is 12.2. The molecule has 2 heterocycles. The van der Waals surface area contributed by atoms with Crippen LogP contribution < -0.4 is 0 Å². The Labute approximate surface area is 95.6 Å². The number of piperidine rings is 1. The van der Waals surface area contributed by atoms with Crippen molar-refractivity contribution in [2.75, 3.05) is 13.1 Å². The van der Waals surface area contributed by atoms with Crippen LogP contribution in [-0.4, -0.2) is 29.0 Å². The molecule has 1 amide bonds. The highest BCUT2D eigenvalue weighted by Crippen LogP contribution is 2.25. The fourth-order valence-corrected chi connectivity index (χ4v) is 2.59. The molecule has 1 saturated heterocycles.